The van der Waals surface area contributed by atoms with Crippen LogP contribution >= 0.6 is 0 Å². The zero-order valence-electron chi connectivity index (χ0n) is 10.8. The lowest BCUT2D eigenvalue weighted by Gasteiger charge is -2.20. The van der Waals surface area contributed by atoms with E-state index in [9.17, 15) is 9.59 Å². The van der Waals surface area contributed by atoms with E-state index >= 15 is 0 Å². The topological polar surface area (TPSA) is 61.4 Å². The van der Waals surface area contributed by atoms with E-state index in [1.807, 2.05) is 6.92 Å². The number of nitrogens with zero attached hydrogens (tertiary/aromatic N) is 1. The quantitative estimate of drug-likeness (QED) is 0.697. The summed E-state index contributed by atoms with van der Waals surface area (Å²) in [6.07, 6.45) is 3.58. The Hall–Kier alpha value is -1.10. The number of nitrogens with one attached hydrogen (secondary N) is 2. The van der Waals surface area contributed by atoms with Gasteiger partial charge in [-0.15, -0.1) is 0 Å². The fraction of sp³-hybridized carbons (Fsp3) is 0.833. The standard InChI is InChI=1S/C12H23N3O2/c1-3-7-15(8-10-5-6-10)9-11(16)14-12(17)13-4-2/h10H,3-9H2,1-2H3,(H2,13,14,16,17). The molecule has 0 atom stereocenters. The van der Waals surface area contributed by atoms with E-state index in [0.29, 0.717) is 13.1 Å². The van der Waals surface area contributed by atoms with Gasteiger partial charge in [-0.25, -0.2) is 4.79 Å². The number of amides is 3. The molecule has 5 heteroatoms. The summed E-state index contributed by atoms with van der Waals surface area (Å²) in [6, 6.07) is -0.402. The third kappa shape index (κ3) is 6.26. The molecule has 1 aliphatic rings. The van der Waals surface area contributed by atoms with E-state index < -0.39 is 6.03 Å². The zero-order valence-corrected chi connectivity index (χ0v) is 10.8. The lowest BCUT2D eigenvalue weighted by Crippen LogP contribution is -2.45. The van der Waals surface area contributed by atoms with Crippen LogP contribution in [-0.2, 0) is 4.79 Å². The van der Waals surface area contributed by atoms with Crippen molar-refractivity contribution in [3.8, 4) is 0 Å². The molecule has 0 aromatic heterocycles. The predicted octanol–water partition coefficient (Wildman–Crippen LogP) is 0.954. The van der Waals surface area contributed by atoms with E-state index in [2.05, 4.69) is 22.5 Å². The minimum atomic E-state index is -0.402. The molecule has 0 saturated heterocycles. The Morgan fingerprint density at radius 2 is 2.00 bits per heavy atom. The van der Waals surface area contributed by atoms with Gasteiger partial charge >= 0.3 is 6.03 Å². The molecule has 1 rings (SSSR count). The smallest absolute Gasteiger partial charge is 0.321 e. The number of hydrogen-bond donors (Lipinski definition) is 2. The van der Waals surface area contributed by atoms with Gasteiger partial charge in [-0.3, -0.25) is 15.0 Å². The predicted molar refractivity (Wildman–Crippen MR) is 66.7 cm³/mol. The Morgan fingerprint density at radius 3 is 2.53 bits per heavy atom. The largest absolute Gasteiger partial charge is 0.338 e. The molecule has 5 nitrogen and oxygen atoms in total. The maximum absolute atomic E-state index is 11.6. The Bertz CT molecular complexity index is 264. The molecule has 98 valence electrons. The lowest BCUT2D eigenvalue weighted by molar-refractivity contribution is -0.121. The number of rotatable bonds is 7. The van der Waals surface area contributed by atoms with Crippen molar-refractivity contribution >= 4 is 11.9 Å². The van der Waals surface area contributed by atoms with Gasteiger partial charge in [0.15, 0.2) is 0 Å². The van der Waals surface area contributed by atoms with E-state index in [0.717, 1.165) is 25.4 Å². The van der Waals surface area contributed by atoms with Gasteiger partial charge in [0.1, 0.15) is 0 Å². The van der Waals surface area contributed by atoms with Crippen molar-refractivity contribution in [1.29, 1.82) is 0 Å². The van der Waals surface area contributed by atoms with Crippen LogP contribution in [0.25, 0.3) is 0 Å². The van der Waals surface area contributed by atoms with Crippen molar-refractivity contribution in [3.63, 3.8) is 0 Å². The Labute approximate surface area is 103 Å². The Morgan fingerprint density at radius 1 is 1.29 bits per heavy atom. The fourth-order valence-electron chi connectivity index (χ4n) is 1.79. The second kappa shape index (κ2) is 7.27. The molecule has 0 aromatic rings. The van der Waals surface area contributed by atoms with Gasteiger partial charge in [0, 0.05) is 13.1 Å². The number of urea groups is 1. The van der Waals surface area contributed by atoms with Gasteiger partial charge in [-0.05, 0) is 38.6 Å². The first-order chi connectivity index (χ1) is 8.15. The van der Waals surface area contributed by atoms with Gasteiger partial charge in [-0.2, -0.15) is 0 Å². The first-order valence-corrected chi connectivity index (χ1v) is 6.45. The molecule has 0 aromatic carbocycles. The van der Waals surface area contributed by atoms with Crippen LogP contribution in [0.15, 0.2) is 0 Å². The van der Waals surface area contributed by atoms with E-state index in [1.54, 1.807) is 0 Å². The Balaban J connectivity index is 2.26. The normalized spacial score (nSPS) is 14.8. The number of carbonyl (C=O) groups is 2. The highest BCUT2D eigenvalue weighted by Crippen LogP contribution is 2.29. The molecule has 0 unspecified atom stereocenters. The third-order valence-corrected chi connectivity index (χ3v) is 2.71. The summed E-state index contributed by atoms with van der Waals surface area (Å²) >= 11 is 0. The van der Waals surface area contributed by atoms with Crippen LogP contribution in [-0.4, -0.2) is 43.0 Å². The average molecular weight is 241 g/mol. The van der Waals surface area contributed by atoms with Gasteiger partial charge < -0.3 is 5.32 Å². The van der Waals surface area contributed by atoms with Gasteiger partial charge in [0.25, 0.3) is 0 Å². The van der Waals surface area contributed by atoms with Crippen LogP contribution < -0.4 is 10.6 Å². The first-order valence-electron chi connectivity index (χ1n) is 6.45. The van der Waals surface area contributed by atoms with Gasteiger partial charge in [0.05, 0.1) is 6.54 Å². The SMILES string of the molecule is CCCN(CC(=O)NC(=O)NCC)CC1CC1. The van der Waals surface area contributed by atoms with E-state index in [4.69, 9.17) is 0 Å². The van der Waals surface area contributed by atoms with Crippen LogP contribution in [0.4, 0.5) is 4.79 Å². The summed E-state index contributed by atoms with van der Waals surface area (Å²) in [4.78, 5) is 24.9. The molecule has 1 fully saturated rings. The molecule has 1 saturated carbocycles. The minimum Gasteiger partial charge on any atom is -0.338 e. The van der Waals surface area contributed by atoms with Gasteiger partial charge in [0.2, 0.25) is 5.91 Å². The van der Waals surface area contributed by atoms with Crippen molar-refractivity contribution in [3.05, 3.63) is 0 Å². The zero-order chi connectivity index (χ0) is 12.7. The lowest BCUT2D eigenvalue weighted by atomic mass is 10.3. The maximum Gasteiger partial charge on any atom is 0.321 e. The molecular weight excluding hydrogens is 218 g/mol. The monoisotopic (exact) mass is 241 g/mol. The van der Waals surface area contributed by atoms with E-state index in [-0.39, 0.29) is 5.91 Å². The van der Waals surface area contributed by atoms with Crippen LogP contribution in [0.3, 0.4) is 0 Å². The molecule has 3 amide bonds. The molecule has 0 radical (unpaired) electrons. The summed E-state index contributed by atoms with van der Waals surface area (Å²) in [5, 5.41) is 4.88. The second-order valence-electron chi connectivity index (χ2n) is 4.59. The Kier molecular flexibility index (Phi) is 5.97. The average Bonchev–Trinajstić information content (AvgIpc) is 3.01. The number of carbonyl (C=O) groups excluding carboxylic acids is 2. The summed E-state index contributed by atoms with van der Waals surface area (Å²) in [7, 11) is 0. The molecular formula is C12H23N3O2. The second-order valence-corrected chi connectivity index (χ2v) is 4.59. The van der Waals surface area contributed by atoms with Crippen LogP contribution in [0.5, 0.6) is 0 Å². The molecule has 0 aliphatic heterocycles. The summed E-state index contributed by atoms with van der Waals surface area (Å²) in [5.41, 5.74) is 0. The molecule has 0 heterocycles. The van der Waals surface area contributed by atoms with E-state index in [1.165, 1.54) is 12.8 Å². The third-order valence-electron chi connectivity index (χ3n) is 2.71. The summed E-state index contributed by atoms with van der Waals surface area (Å²) in [5.74, 6) is 0.545. The highest BCUT2D eigenvalue weighted by molar-refractivity contribution is 5.95. The number of hydrogen-bond acceptors (Lipinski definition) is 3. The first kappa shape index (κ1) is 14.0. The molecule has 17 heavy (non-hydrogen) atoms. The van der Waals surface area contributed by atoms with Crippen molar-refractivity contribution < 1.29 is 9.59 Å². The highest BCUT2D eigenvalue weighted by Gasteiger charge is 2.25. The summed E-state index contributed by atoms with van der Waals surface area (Å²) in [6.45, 7) is 6.67. The molecule has 1 aliphatic carbocycles. The number of imide groups is 1. The fourth-order valence-corrected chi connectivity index (χ4v) is 1.79. The minimum absolute atomic E-state index is 0.218. The highest BCUT2D eigenvalue weighted by atomic mass is 16.2. The van der Waals surface area contributed by atoms with Crippen molar-refractivity contribution in [1.82, 2.24) is 15.5 Å². The van der Waals surface area contributed by atoms with Crippen LogP contribution in [0, 0.1) is 5.92 Å². The molecule has 2 N–H and O–H groups in total. The van der Waals surface area contributed by atoms with Crippen LogP contribution in [0.1, 0.15) is 33.1 Å². The van der Waals surface area contributed by atoms with Crippen molar-refractivity contribution in [2.75, 3.05) is 26.2 Å². The van der Waals surface area contributed by atoms with Crippen molar-refractivity contribution in [2.24, 2.45) is 5.92 Å². The molecule has 0 spiro atoms. The van der Waals surface area contributed by atoms with Gasteiger partial charge in [-0.1, -0.05) is 6.92 Å². The molecule has 0 bridgehead atoms. The van der Waals surface area contributed by atoms with Crippen molar-refractivity contribution in [2.45, 2.75) is 33.1 Å². The van der Waals surface area contributed by atoms with Crippen LogP contribution in [0.2, 0.25) is 0 Å². The summed E-state index contributed by atoms with van der Waals surface area (Å²) < 4.78 is 0. The maximum atomic E-state index is 11.6.